The van der Waals surface area contributed by atoms with Crippen molar-refractivity contribution in [3.8, 4) is 0 Å². The molecule has 0 aliphatic carbocycles. The lowest BCUT2D eigenvalue weighted by Crippen LogP contribution is -2.35. The Kier molecular flexibility index (Phi) is 4.52. The highest BCUT2D eigenvalue weighted by Crippen LogP contribution is 2.06. The quantitative estimate of drug-likeness (QED) is 0.541. The molecular weight excluding hydrogens is 166 g/mol. The Hall–Kier alpha value is -0.990. The zero-order valence-electron chi connectivity index (χ0n) is 9.10. The summed E-state index contributed by atoms with van der Waals surface area (Å²) in [7, 11) is 0. The molecule has 0 aromatic rings. The second-order valence-electron chi connectivity index (χ2n) is 3.98. The van der Waals surface area contributed by atoms with Gasteiger partial charge in [-0.15, -0.1) is 0 Å². The average Bonchev–Trinajstić information content (AvgIpc) is 1.95. The van der Waals surface area contributed by atoms with E-state index in [0.717, 1.165) is 12.1 Å². The zero-order valence-corrected chi connectivity index (χ0v) is 9.10. The fourth-order valence-electron chi connectivity index (χ4n) is 0.837. The normalized spacial score (nSPS) is 12.5. The molecule has 0 aliphatic heterocycles. The van der Waals surface area contributed by atoms with Gasteiger partial charge in [-0.2, -0.15) is 0 Å². The molecule has 0 saturated heterocycles. The topological polar surface area (TPSA) is 38.3 Å². The summed E-state index contributed by atoms with van der Waals surface area (Å²) in [6.45, 7) is 9.58. The highest BCUT2D eigenvalue weighted by Gasteiger charge is 2.10. The molecule has 0 unspecified atom stereocenters. The third-order valence-corrected chi connectivity index (χ3v) is 1.28. The van der Waals surface area contributed by atoms with Gasteiger partial charge in [-0.25, -0.2) is 0 Å². The second kappa shape index (κ2) is 4.90. The lowest BCUT2D eigenvalue weighted by molar-refractivity contribution is -0.135. The van der Waals surface area contributed by atoms with E-state index in [0.29, 0.717) is 0 Å². The van der Waals surface area contributed by atoms with Gasteiger partial charge < -0.3 is 10.1 Å². The SMILES string of the molecule is CCC(=COC(C)=O)NC(C)(C)C. The fraction of sp³-hybridized carbons (Fsp3) is 0.700. The molecule has 3 heteroatoms. The van der Waals surface area contributed by atoms with Crippen molar-refractivity contribution in [2.75, 3.05) is 0 Å². The third-order valence-electron chi connectivity index (χ3n) is 1.28. The first-order valence-electron chi connectivity index (χ1n) is 4.49. The van der Waals surface area contributed by atoms with Crippen LogP contribution in [0.1, 0.15) is 41.0 Å². The van der Waals surface area contributed by atoms with E-state index >= 15 is 0 Å². The fourth-order valence-corrected chi connectivity index (χ4v) is 0.837. The summed E-state index contributed by atoms with van der Waals surface area (Å²) < 4.78 is 4.78. The molecule has 0 saturated carbocycles. The van der Waals surface area contributed by atoms with Crippen molar-refractivity contribution in [3.63, 3.8) is 0 Å². The summed E-state index contributed by atoms with van der Waals surface area (Å²) in [6, 6.07) is 0. The number of nitrogens with one attached hydrogen (secondary N) is 1. The molecule has 0 fully saturated rings. The number of hydrogen-bond acceptors (Lipinski definition) is 3. The van der Waals surface area contributed by atoms with Crippen molar-refractivity contribution in [1.29, 1.82) is 0 Å². The van der Waals surface area contributed by atoms with Crippen LogP contribution in [0.5, 0.6) is 0 Å². The van der Waals surface area contributed by atoms with Gasteiger partial charge in [0, 0.05) is 18.2 Å². The molecule has 76 valence electrons. The summed E-state index contributed by atoms with van der Waals surface area (Å²) in [6.07, 6.45) is 2.30. The Morgan fingerprint density at radius 1 is 1.46 bits per heavy atom. The van der Waals surface area contributed by atoms with Gasteiger partial charge in [-0.05, 0) is 27.2 Å². The highest BCUT2D eigenvalue weighted by molar-refractivity contribution is 5.66. The van der Waals surface area contributed by atoms with E-state index in [1.165, 1.54) is 13.2 Å². The number of carbonyl (C=O) groups excluding carboxylic acids is 1. The molecule has 0 radical (unpaired) electrons. The van der Waals surface area contributed by atoms with Crippen LogP contribution in [-0.2, 0) is 9.53 Å². The first kappa shape index (κ1) is 12.0. The molecule has 0 atom stereocenters. The van der Waals surface area contributed by atoms with Crippen LogP contribution in [0.25, 0.3) is 0 Å². The molecule has 0 aliphatic rings. The smallest absolute Gasteiger partial charge is 0.307 e. The highest BCUT2D eigenvalue weighted by atomic mass is 16.5. The summed E-state index contributed by atoms with van der Waals surface area (Å²) in [5, 5.41) is 3.25. The van der Waals surface area contributed by atoms with Gasteiger partial charge in [0.05, 0.1) is 0 Å². The van der Waals surface area contributed by atoms with Gasteiger partial charge in [-0.3, -0.25) is 4.79 Å². The summed E-state index contributed by atoms with van der Waals surface area (Å²) in [5.41, 5.74) is 0.935. The molecule has 0 aromatic heterocycles. The van der Waals surface area contributed by atoms with Gasteiger partial charge in [-0.1, -0.05) is 6.92 Å². The third kappa shape index (κ3) is 7.37. The van der Waals surface area contributed by atoms with E-state index in [9.17, 15) is 4.79 Å². The molecule has 13 heavy (non-hydrogen) atoms. The minimum absolute atomic E-state index is 0.00198. The molecule has 0 spiro atoms. The lowest BCUT2D eigenvalue weighted by atomic mass is 10.1. The number of esters is 1. The first-order valence-corrected chi connectivity index (χ1v) is 4.49. The summed E-state index contributed by atoms with van der Waals surface area (Å²) in [4.78, 5) is 10.5. The summed E-state index contributed by atoms with van der Waals surface area (Å²) in [5.74, 6) is -0.290. The Morgan fingerprint density at radius 2 is 2.00 bits per heavy atom. The molecule has 0 amide bonds. The van der Waals surface area contributed by atoms with Crippen LogP contribution >= 0.6 is 0 Å². The molecule has 0 heterocycles. The van der Waals surface area contributed by atoms with Gasteiger partial charge >= 0.3 is 5.97 Å². The van der Waals surface area contributed by atoms with Crippen molar-refractivity contribution in [3.05, 3.63) is 12.0 Å². The van der Waals surface area contributed by atoms with Crippen LogP contribution in [0.15, 0.2) is 12.0 Å². The van der Waals surface area contributed by atoms with Crippen LogP contribution in [0.3, 0.4) is 0 Å². The molecule has 3 nitrogen and oxygen atoms in total. The Labute approximate surface area is 80.2 Å². The lowest BCUT2D eigenvalue weighted by Gasteiger charge is -2.23. The van der Waals surface area contributed by atoms with E-state index in [1.54, 1.807) is 0 Å². The first-order chi connectivity index (χ1) is 5.85. The van der Waals surface area contributed by atoms with Crippen molar-refractivity contribution in [1.82, 2.24) is 5.32 Å². The molecule has 0 rings (SSSR count). The van der Waals surface area contributed by atoms with E-state index < -0.39 is 0 Å². The van der Waals surface area contributed by atoms with Crippen molar-refractivity contribution >= 4 is 5.97 Å². The minimum atomic E-state index is -0.290. The Morgan fingerprint density at radius 3 is 2.31 bits per heavy atom. The summed E-state index contributed by atoms with van der Waals surface area (Å²) >= 11 is 0. The van der Waals surface area contributed by atoms with E-state index in [4.69, 9.17) is 4.74 Å². The number of allylic oxidation sites excluding steroid dienone is 1. The van der Waals surface area contributed by atoms with E-state index in [-0.39, 0.29) is 11.5 Å². The number of ether oxygens (including phenoxy) is 1. The second-order valence-corrected chi connectivity index (χ2v) is 3.98. The maximum Gasteiger partial charge on any atom is 0.307 e. The van der Waals surface area contributed by atoms with E-state index in [2.05, 4.69) is 26.1 Å². The standard InChI is InChI=1S/C10H19NO2/c1-6-9(7-13-8(2)12)11-10(3,4)5/h7,11H,6H2,1-5H3. The zero-order chi connectivity index (χ0) is 10.5. The molecule has 1 N–H and O–H groups in total. The van der Waals surface area contributed by atoms with Gasteiger partial charge in [0.1, 0.15) is 6.26 Å². The molecule has 0 aromatic carbocycles. The number of hydrogen-bond donors (Lipinski definition) is 1. The molecular formula is C10H19NO2. The predicted molar refractivity (Wildman–Crippen MR) is 53.0 cm³/mol. The maximum atomic E-state index is 10.5. The van der Waals surface area contributed by atoms with Gasteiger partial charge in [0.2, 0.25) is 0 Å². The van der Waals surface area contributed by atoms with Gasteiger partial charge in [0.15, 0.2) is 0 Å². The van der Waals surface area contributed by atoms with Gasteiger partial charge in [0.25, 0.3) is 0 Å². The average molecular weight is 185 g/mol. The van der Waals surface area contributed by atoms with E-state index in [1.807, 2.05) is 6.92 Å². The minimum Gasteiger partial charge on any atom is -0.433 e. The van der Waals surface area contributed by atoms with Crippen LogP contribution in [0.2, 0.25) is 0 Å². The number of rotatable bonds is 3. The van der Waals surface area contributed by atoms with Crippen LogP contribution in [0, 0.1) is 0 Å². The monoisotopic (exact) mass is 185 g/mol. The predicted octanol–water partition coefficient (Wildman–Crippen LogP) is 2.19. The molecule has 0 bridgehead atoms. The Balaban J connectivity index is 4.17. The van der Waals surface area contributed by atoms with Crippen LogP contribution < -0.4 is 5.32 Å². The van der Waals surface area contributed by atoms with Crippen molar-refractivity contribution in [2.24, 2.45) is 0 Å². The largest absolute Gasteiger partial charge is 0.433 e. The Bertz CT molecular complexity index is 201. The number of carbonyl (C=O) groups is 1. The van der Waals surface area contributed by atoms with Crippen LogP contribution in [0.4, 0.5) is 0 Å². The maximum absolute atomic E-state index is 10.5. The van der Waals surface area contributed by atoms with Crippen LogP contribution in [-0.4, -0.2) is 11.5 Å². The van der Waals surface area contributed by atoms with Crippen molar-refractivity contribution < 1.29 is 9.53 Å². The van der Waals surface area contributed by atoms with Crippen molar-refractivity contribution in [2.45, 2.75) is 46.6 Å².